The van der Waals surface area contributed by atoms with E-state index in [1.54, 1.807) is 13.0 Å². The molecule has 18 heavy (non-hydrogen) atoms. The Morgan fingerprint density at radius 1 is 1.33 bits per heavy atom. The van der Waals surface area contributed by atoms with Crippen molar-refractivity contribution in [1.82, 2.24) is 5.32 Å². The standard InChI is InChI=1S/C14H22FNO2/c1-10(2)16-9-12-8-13(15)4-5-14(12)18-7-6-11(3)17/h4-5,8,10-11,16-17H,6-7,9H2,1-3H3. The summed E-state index contributed by atoms with van der Waals surface area (Å²) in [6.45, 7) is 6.78. The van der Waals surface area contributed by atoms with Gasteiger partial charge in [-0.3, -0.25) is 0 Å². The van der Waals surface area contributed by atoms with Crippen LogP contribution in [-0.4, -0.2) is 23.9 Å². The molecule has 2 N–H and O–H groups in total. The fourth-order valence-electron chi connectivity index (χ4n) is 1.48. The third-order valence-electron chi connectivity index (χ3n) is 2.52. The maximum Gasteiger partial charge on any atom is 0.123 e. The lowest BCUT2D eigenvalue weighted by molar-refractivity contribution is 0.155. The van der Waals surface area contributed by atoms with E-state index in [4.69, 9.17) is 9.84 Å². The molecule has 1 atom stereocenters. The molecule has 0 aliphatic carbocycles. The van der Waals surface area contributed by atoms with Crippen LogP contribution in [0.2, 0.25) is 0 Å². The second kappa shape index (κ2) is 7.34. The molecule has 102 valence electrons. The lowest BCUT2D eigenvalue weighted by Crippen LogP contribution is -2.22. The number of hydrogen-bond donors (Lipinski definition) is 2. The fourth-order valence-corrected chi connectivity index (χ4v) is 1.48. The molecule has 0 aliphatic heterocycles. The molecule has 0 aromatic heterocycles. The molecule has 0 radical (unpaired) electrons. The minimum Gasteiger partial charge on any atom is -0.493 e. The number of ether oxygens (including phenoxy) is 1. The van der Waals surface area contributed by atoms with Gasteiger partial charge in [0, 0.05) is 24.6 Å². The van der Waals surface area contributed by atoms with Crippen LogP contribution in [0.25, 0.3) is 0 Å². The van der Waals surface area contributed by atoms with E-state index >= 15 is 0 Å². The van der Waals surface area contributed by atoms with E-state index in [2.05, 4.69) is 5.32 Å². The third-order valence-corrected chi connectivity index (χ3v) is 2.52. The molecule has 0 heterocycles. The fraction of sp³-hybridized carbons (Fsp3) is 0.571. The predicted molar refractivity (Wildman–Crippen MR) is 70.2 cm³/mol. The van der Waals surface area contributed by atoms with E-state index < -0.39 is 0 Å². The molecule has 0 amide bonds. The van der Waals surface area contributed by atoms with Crippen molar-refractivity contribution in [1.29, 1.82) is 0 Å². The summed E-state index contributed by atoms with van der Waals surface area (Å²) in [6.07, 6.45) is 0.178. The summed E-state index contributed by atoms with van der Waals surface area (Å²) in [5.41, 5.74) is 0.800. The van der Waals surface area contributed by atoms with Crippen molar-refractivity contribution in [2.24, 2.45) is 0 Å². The van der Waals surface area contributed by atoms with E-state index in [1.165, 1.54) is 12.1 Å². The van der Waals surface area contributed by atoms with Crippen LogP contribution in [0.5, 0.6) is 5.75 Å². The summed E-state index contributed by atoms with van der Waals surface area (Å²) in [6, 6.07) is 4.83. The van der Waals surface area contributed by atoms with Crippen LogP contribution in [0.1, 0.15) is 32.8 Å². The summed E-state index contributed by atoms with van der Waals surface area (Å²) in [7, 11) is 0. The highest BCUT2D eigenvalue weighted by Gasteiger charge is 2.07. The maximum atomic E-state index is 13.2. The molecule has 0 saturated heterocycles. The van der Waals surface area contributed by atoms with Crippen molar-refractivity contribution >= 4 is 0 Å². The molecule has 0 spiro atoms. The van der Waals surface area contributed by atoms with Gasteiger partial charge in [0.15, 0.2) is 0 Å². The Balaban J connectivity index is 2.64. The summed E-state index contributed by atoms with van der Waals surface area (Å²) >= 11 is 0. The molecule has 1 aromatic carbocycles. The minimum absolute atomic E-state index is 0.265. The minimum atomic E-state index is -0.386. The number of hydrogen-bond acceptors (Lipinski definition) is 3. The van der Waals surface area contributed by atoms with E-state index in [0.717, 1.165) is 5.56 Å². The first-order chi connectivity index (χ1) is 8.49. The summed E-state index contributed by atoms with van der Waals surface area (Å²) in [5.74, 6) is 0.406. The number of aliphatic hydroxyl groups excluding tert-OH is 1. The monoisotopic (exact) mass is 255 g/mol. The van der Waals surface area contributed by atoms with Crippen LogP contribution >= 0.6 is 0 Å². The molecule has 4 heteroatoms. The number of rotatable bonds is 7. The van der Waals surface area contributed by atoms with Gasteiger partial charge in [0.2, 0.25) is 0 Å². The van der Waals surface area contributed by atoms with Gasteiger partial charge >= 0.3 is 0 Å². The molecule has 3 nitrogen and oxygen atoms in total. The Hall–Kier alpha value is -1.13. The molecule has 1 aromatic rings. The van der Waals surface area contributed by atoms with E-state index in [0.29, 0.717) is 31.4 Å². The molecule has 1 unspecified atom stereocenters. The molecular weight excluding hydrogens is 233 g/mol. The topological polar surface area (TPSA) is 41.5 Å². The van der Waals surface area contributed by atoms with E-state index in [1.807, 2.05) is 13.8 Å². The lowest BCUT2D eigenvalue weighted by atomic mass is 10.2. The average Bonchev–Trinajstić information content (AvgIpc) is 2.28. The van der Waals surface area contributed by atoms with Crippen molar-refractivity contribution < 1.29 is 14.2 Å². The van der Waals surface area contributed by atoms with Gasteiger partial charge in [-0.2, -0.15) is 0 Å². The third kappa shape index (κ3) is 5.47. The molecular formula is C14H22FNO2. The van der Waals surface area contributed by atoms with Crippen molar-refractivity contribution in [2.75, 3.05) is 6.61 Å². The lowest BCUT2D eigenvalue weighted by Gasteiger charge is -2.14. The number of nitrogens with one attached hydrogen (secondary N) is 1. The maximum absolute atomic E-state index is 13.2. The smallest absolute Gasteiger partial charge is 0.123 e. The first-order valence-corrected chi connectivity index (χ1v) is 6.31. The van der Waals surface area contributed by atoms with Gasteiger partial charge in [-0.05, 0) is 25.1 Å². The summed E-state index contributed by atoms with van der Waals surface area (Å²) in [5, 5.41) is 12.4. The van der Waals surface area contributed by atoms with Crippen molar-refractivity contribution in [2.45, 2.75) is 45.9 Å². The Morgan fingerprint density at radius 2 is 2.06 bits per heavy atom. The van der Waals surface area contributed by atoms with Gasteiger partial charge in [0.05, 0.1) is 12.7 Å². The first kappa shape index (κ1) is 14.9. The Kier molecular flexibility index (Phi) is 6.09. The second-order valence-electron chi connectivity index (χ2n) is 4.77. The van der Waals surface area contributed by atoms with Gasteiger partial charge in [-0.15, -0.1) is 0 Å². The zero-order valence-corrected chi connectivity index (χ0v) is 11.2. The van der Waals surface area contributed by atoms with Crippen LogP contribution in [-0.2, 0) is 6.54 Å². The summed E-state index contributed by atoms with van der Waals surface area (Å²) < 4.78 is 18.8. The predicted octanol–water partition coefficient (Wildman–Crippen LogP) is 2.47. The summed E-state index contributed by atoms with van der Waals surface area (Å²) in [4.78, 5) is 0. The zero-order valence-electron chi connectivity index (χ0n) is 11.2. The van der Waals surface area contributed by atoms with Crippen LogP contribution in [0.15, 0.2) is 18.2 Å². The van der Waals surface area contributed by atoms with E-state index in [9.17, 15) is 4.39 Å². The van der Waals surface area contributed by atoms with Crippen molar-refractivity contribution in [3.05, 3.63) is 29.6 Å². The van der Waals surface area contributed by atoms with Gasteiger partial charge < -0.3 is 15.2 Å². The number of halogens is 1. The highest BCUT2D eigenvalue weighted by molar-refractivity contribution is 5.34. The Bertz CT molecular complexity index is 367. The SMILES string of the molecule is CC(O)CCOc1ccc(F)cc1CNC(C)C. The van der Waals surface area contributed by atoms with Crippen molar-refractivity contribution in [3.63, 3.8) is 0 Å². The largest absolute Gasteiger partial charge is 0.493 e. The highest BCUT2D eigenvalue weighted by Crippen LogP contribution is 2.20. The number of benzene rings is 1. The van der Waals surface area contributed by atoms with Gasteiger partial charge in [-0.1, -0.05) is 13.8 Å². The number of aliphatic hydroxyl groups is 1. The van der Waals surface area contributed by atoms with Gasteiger partial charge in [0.1, 0.15) is 11.6 Å². The zero-order chi connectivity index (χ0) is 13.5. The van der Waals surface area contributed by atoms with E-state index in [-0.39, 0.29) is 11.9 Å². The van der Waals surface area contributed by atoms with Gasteiger partial charge in [-0.25, -0.2) is 4.39 Å². The second-order valence-corrected chi connectivity index (χ2v) is 4.77. The molecule has 0 saturated carbocycles. The highest BCUT2D eigenvalue weighted by atomic mass is 19.1. The Morgan fingerprint density at radius 3 is 2.67 bits per heavy atom. The normalized spacial score (nSPS) is 12.8. The first-order valence-electron chi connectivity index (χ1n) is 6.31. The van der Waals surface area contributed by atoms with Crippen LogP contribution in [0.3, 0.4) is 0 Å². The molecule has 0 aliphatic rings. The van der Waals surface area contributed by atoms with Crippen LogP contribution in [0.4, 0.5) is 4.39 Å². The molecule has 0 bridgehead atoms. The average molecular weight is 255 g/mol. The quantitative estimate of drug-likeness (QED) is 0.786. The molecule has 1 rings (SSSR count). The molecule has 0 fully saturated rings. The van der Waals surface area contributed by atoms with Crippen molar-refractivity contribution in [3.8, 4) is 5.75 Å². The van der Waals surface area contributed by atoms with Crippen LogP contribution in [0, 0.1) is 5.82 Å². The van der Waals surface area contributed by atoms with Gasteiger partial charge in [0.25, 0.3) is 0 Å². The van der Waals surface area contributed by atoms with Crippen LogP contribution < -0.4 is 10.1 Å². The Labute approximate surface area is 108 Å².